The normalized spacial score (nSPS) is 19.0. The average Bonchev–Trinajstić information content (AvgIpc) is 3.31. The number of halogens is 3. The van der Waals surface area contributed by atoms with Crippen molar-refractivity contribution >= 4 is 29.5 Å². The Kier molecular flexibility index (Phi) is 4.55. The zero-order valence-electron chi connectivity index (χ0n) is 15.2. The predicted molar refractivity (Wildman–Crippen MR) is 95.8 cm³/mol. The van der Waals surface area contributed by atoms with E-state index in [0.717, 1.165) is 6.92 Å². The molecular formula is C17H17F3N6O3. The second kappa shape index (κ2) is 6.94. The number of carbonyl (C=O) groups excluding carboxylic acids is 2. The van der Waals surface area contributed by atoms with Gasteiger partial charge in [0.15, 0.2) is 5.82 Å². The summed E-state index contributed by atoms with van der Waals surface area (Å²) in [5.41, 5.74) is 0.415. The van der Waals surface area contributed by atoms with Gasteiger partial charge in [-0.25, -0.2) is 14.8 Å². The van der Waals surface area contributed by atoms with Gasteiger partial charge in [0.05, 0.1) is 17.9 Å². The van der Waals surface area contributed by atoms with E-state index in [1.54, 1.807) is 6.07 Å². The summed E-state index contributed by atoms with van der Waals surface area (Å²) < 4.78 is 43.2. The molecule has 2 aromatic heterocycles. The topological polar surface area (TPSA) is 104 Å². The molecule has 0 saturated carbocycles. The van der Waals surface area contributed by atoms with E-state index in [1.807, 2.05) is 10.2 Å². The first kappa shape index (κ1) is 19.0. The molecule has 2 bridgehead atoms. The van der Waals surface area contributed by atoms with E-state index < -0.39 is 24.2 Å². The minimum atomic E-state index is -4.57. The lowest BCUT2D eigenvalue weighted by Crippen LogP contribution is -2.49. The smallest absolute Gasteiger partial charge is 0.408 e. The Bertz CT molecular complexity index is 933. The van der Waals surface area contributed by atoms with Crippen LogP contribution in [0.4, 0.5) is 35.5 Å². The fraction of sp³-hybridized carbons (Fsp3) is 0.412. The van der Waals surface area contributed by atoms with Crippen LogP contribution in [0.25, 0.3) is 0 Å². The van der Waals surface area contributed by atoms with Crippen LogP contribution in [0.1, 0.15) is 23.8 Å². The third-order valence-corrected chi connectivity index (χ3v) is 4.89. The third kappa shape index (κ3) is 3.57. The van der Waals surface area contributed by atoms with Gasteiger partial charge in [0.2, 0.25) is 0 Å². The summed E-state index contributed by atoms with van der Waals surface area (Å²) in [6, 6.07) is 0.163. The molecule has 2 aromatic rings. The molecule has 2 aliphatic rings. The summed E-state index contributed by atoms with van der Waals surface area (Å²) in [6.07, 6.45) is -1.21. The molecule has 2 aliphatic heterocycles. The second-order valence-corrected chi connectivity index (χ2v) is 6.80. The van der Waals surface area contributed by atoms with Gasteiger partial charge in [-0.1, -0.05) is 0 Å². The zero-order valence-corrected chi connectivity index (χ0v) is 15.2. The Labute approximate surface area is 162 Å². The van der Waals surface area contributed by atoms with Crippen LogP contribution in [0.2, 0.25) is 0 Å². The van der Waals surface area contributed by atoms with Crippen LogP contribution in [0.3, 0.4) is 0 Å². The first-order chi connectivity index (χ1) is 13.7. The minimum absolute atomic E-state index is 0.00451. The molecule has 0 radical (unpaired) electrons. The molecule has 2 atom stereocenters. The highest BCUT2D eigenvalue weighted by molar-refractivity contribution is 6.04. The molecule has 2 N–H and O–H groups in total. The first-order valence-electron chi connectivity index (χ1n) is 8.87. The van der Waals surface area contributed by atoms with Crippen molar-refractivity contribution in [1.82, 2.24) is 15.3 Å². The third-order valence-electron chi connectivity index (χ3n) is 4.89. The van der Waals surface area contributed by atoms with Crippen molar-refractivity contribution in [3.63, 3.8) is 0 Å². The summed E-state index contributed by atoms with van der Waals surface area (Å²) in [5.74, 6) is -0.770. The molecule has 29 heavy (non-hydrogen) atoms. The van der Waals surface area contributed by atoms with Gasteiger partial charge < -0.3 is 14.6 Å². The Morgan fingerprint density at radius 2 is 2.14 bits per heavy atom. The number of anilines is 3. The van der Waals surface area contributed by atoms with E-state index in [1.165, 1.54) is 23.4 Å². The molecule has 0 aromatic carbocycles. The van der Waals surface area contributed by atoms with Gasteiger partial charge >= 0.3 is 18.2 Å². The fourth-order valence-corrected chi connectivity index (χ4v) is 3.39. The number of hydrogen-bond donors (Lipinski definition) is 2. The second-order valence-electron chi connectivity index (χ2n) is 6.80. The molecule has 9 nitrogen and oxygen atoms in total. The van der Waals surface area contributed by atoms with E-state index in [-0.39, 0.29) is 23.6 Å². The van der Waals surface area contributed by atoms with Crippen molar-refractivity contribution < 1.29 is 27.2 Å². The van der Waals surface area contributed by atoms with Crippen molar-refractivity contribution in [2.45, 2.75) is 31.6 Å². The van der Waals surface area contributed by atoms with Gasteiger partial charge in [0, 0.05) is 13.1 Å². The van der Waals surface area contributed by atoms with Crippen molar-refractivity contribution in [3.05, 3.63) is 30.3 Å². The van der Waals surface area contributed by atoms with Crippen molar-refractivity contribution in [3.8, 4) is 0 Å². The van der Waals surface area contributed by atoms with Crippen LogP contribution in [-0.4, -0.2) is 53.3 Å². The zero-order chi connectivity index (χ0) is 20.8. The molecule has 0 aliphatic carbocycles. The van der Waals surface area contributed by atoms with Gasteiger partial charge in [-0.2, -0.15) is 13.2 Å². The number of amides is 3. The molecule has 4 heterocycles. The van der Waals surface area contributed by atoms with Gasteiger partial charge in [0.25, 0.3) is 5.91 Å². The number of nitrogens with zero attached hydrogens (tertiary/aromatic N) is 4. The van der Waals surface area contributed by atoms with E-state index >= 15 is 0 Å². The summed E-state index contributed by atoms with van der Waals surface area (Å²) in [4.78, 5) is 36.5. The monoisotopic (exact) mass is 410 g/mol. The first-order valence-corrected chi connectivity index (χ1v) is 8.87. The SMILES string of the molecule is CC(NC(=O)c1ccc2c(n1)N(C(=O)Nc1ncco1)[C@H]1CCN2C1)C(F)(F)F. The lowest BCUT2D eigenvalue weighted by atomic mass is 10.1. The van der Waals surface area contributed by atoms with Crippen LogP contribution in [0, 0.1) is 0 Å². The molecule has 1 unspecified atom stereocenters. The molecule has 12 heteroatoms. The highest BCUT2D eigenvalue weighted by Gasteiger charge is 2.41. The Balaban J connectivity index is 1.63. The number of oxazole rings is 1. The summed E-state index contributed by atoms with van der Waals surface area (Å²) in [5, 5.41) is 4.39. The summed E-state index contributed by atoms with van der Waals surface area (Å²) in [7, 11) is 0. The van der Waals surface area contributed by atoms with Crippen LogP contribution in [0.5, 0.6) is 0 Å². The molecule has 1 fully saturated rings. The standard InChI is InChI=1S/C17H17F3N6O3/c1-9(17(18,19)20)22-14(27)11-2-3-12-13(23-11)26(10-4-6-25(12)8-10)16(28)24-15-21-5-7-29-15/h2-3,5,7,9-10H,4,6,8H2,1H3,(H,22,27)(H,21,24,28)/t9?,10-/m0/s1. The summed E-state index contributed by atoms with van der Waals surface area (Å²) >= 11 is 0. The summed E-state index contributed by atoms with van der Waals surface area (Å²) in [6.45, 7) is 2.13. The fourth-order valence-electron chi connectivity index (χ4n) is 3.39. The van der Waals surface area contributed by atoms with E-state index in [0.29, 0.717) is 25.2 Å². The maximum Gasteiger partial charge on any atom is 0.408 e. The van der Waals surface area contributed by atoms with Crippen LogP contribution >= 0.6 is 0 Å². The quantitative estimate of drug-likeness (QED) is 0.805. The van der Waals surface area contributed by atoms with Gasteiger partial charge in [-0.05, 0) is 25.5 Å². The van der Waals surface area contributed by atoms with E-state index in [4.69, 9.17) is 4.42 Å². The maximum absolute atomic E-state index is 12.8. The van der Waals surface area contributed by atoms with Gasteiger partial charge in [-0.15, -0.1) is 0 Å². The Morgan fingerprint density at radius 1 is 1.34 bits per heavy atom. The largest absolute Gasteiger partial charge is 0.432 e. The lowest BCUT2D eigenvalue weighted by molar-refractivity contribution is -0.149. The average molecular weight is 410 g/mol. The Morgan fingerprint density at radius 3 is 2.83 bits per heavy atom. The number of pyridine rings is 1. The number of carbonyl (C=O) groups is 2. The molecular weight excluding hydrogens is 393 g/mol. The van der Waals surface area contributed by atoms with Gasteiger partial charge in [0.1, 0.15) is 18.0 Å². The lowest BCUT2D eigenvalue weighted by Gasteiger charge is -2.35. The number of hydrogen-bond acceptors (Lipinski definition) is 6. The van der Waals surface area contributed by atoms with Crippen LogP contribution < -0.4 is 20.4 Å². The molecule has 3 amide bonds. The van der Waals surface area contributed by atoms with Crippen LogP contribution in [0.15, 0.2) is 29.0 Å². The number of nitrogens with one attached hydrogen (secondary N) is 2. The molecule has 4 rings (SSSR count). The van der Waals surface area contributed by atoms with E-state index in [2.05, 4.69) is 15.3 Å². The number of urea groups is 1. The minimum Gasteiger partial charge on any atom is -0.432 e. The highest BCUT2D eigenvalue weighted by Crippen LogP contribution is 2.39. The molecule has 154 valence electrons. The number of fused-ring (bicyclic) bond motifs is 4. The predicted octanol–water partition coefficient (Wildman–Crippen LogP) is 2.38. The van der Waals surface area contributed by atoms with E-state index in [9.17, 15) is 22.8 Å². The van der Waals surface area contributed by atoms with Crippen LogP contribution in [-0.2, 0) is 0 Å². The van der Waals surface area contributed by atoms with Crippen molar-refractivity contribution in [1.29, 1.82) is 0 Å². The highest BCUT2D eigenvalue weighted by atomic mass is 19.4. The number of alkyl halides is 3. The van der Waals surface area contributed by atoms with Crippen molar-refractivity contribution in [2.75, 3.05) is 28.2 Å². The molecule has 0 spiro atoms. The number of rotatable bonds is 3. The number of aromatic nitrogens is 2. The van der Waals surface area contributed by atoms with Crippen molar-refractivity contribution in [2.24, 2.45) is 0 Å². The molecule has 1 saturated heterocycles. The Hall–Kier alpha value is -3.31. The maximum atomic E-state index is 12.8. The van der Waals surface area contributed by atoms with Gasteiger partial charge in [-0.3, -0.25) is 15.0 Å².